The number of rotatable bonds is 6. The van der Waals surface area contributed by atoms with E-state index in [4.69, 9.17) is 5.26 Å². The smallest absolute Gasteiger partial charge is 0.0994 e. The van der Waals surface area contributed by atoms with Crippen LogP contribution >= 0.6 is 0 Å². The first-order valence-corrected chi connectivity index (χ1v) is 6.31. The molecule has 0 fully saturated rings. The number of hydrogen-bond acceptors (Lipinski definition) is 2. The Bertz CT molecular complexity index is 532. The summed E-state index contributed by atoms with van der Waals surface area (Å²) >= 11 is 0. The average molecular weight is 252 g/mol. The molecule has 2 nitrogen and oxygen atoms in total. The van der Waals surface area contributed by atoms with E-state index in [1.807, 2.05) is 37.3 Å². The van der Waals surface area contributed by atoms with Gasteiger partial charge in [-0.15, -0.1) is 0 Å². The first-order chi connectivity index (χ1) is 9.08. The third-order valence-electron chi connectivity index (χ3n) is 3.03. The van der Waals surface area contributed by atoms with Crippen molar-refractivity contribution in [3.8, 4) is 6.07 Å². The predicted molar refractivity (Wildman–Crippen MR) is 80.3 cm³/mol. The van der Waals surface area contributed by atoms with E-state index in [9.17, 15) is 0 Å². The number of hydrogen-bond donors (Lipinski definition) is 1. The Kier molecular flexibility index (Phi) is 5.63. The van der Waals surface area contributed by atoms with Gasteiger partial charge in [-0.05, 0) is 43.2 Å². The van der Waals surface area contributed by atoms with Crippen LogP contribution in [0, 0.1) is 17.2 Å². The van der Waals surface area contributed by atoms with E-state index in [2.05, 4.69) is 31.5 Å². The van der Waals surface area contributed by atoms with Crippen molar-refractivity contribution in [2.24, 2.45) is 5.92 Å². The minimum absolute atomic E-state index is 0.288. The van der Waals surface area contributed by atoms with Crippen molar-refractivity contribution in [1.29, 1.82) is 5.26 Å². The van der Waals surface area contributed by atoms with Crippen LogP contribution in [0.3, 0.4) is 0 Å². The van der Waals surface area contributed by atoms with E-state index < -0.39 is 0 Å². The van der Waals surface area contributed by atoms with E-state index in [0.717, 1.165) is 28.8 Å². The largest absolute Gasteiger partial charge is 0.366 e. The predicted octanol–water partition coefficient (Wildman–Crippen LogP) is 3.93. The molecule has 0 amide bonds. The molecule has 0 heterocycles. The molecule has 0 aromatic heterocycles. The van der Waals surface area contributed by atoms with Gasteiger partial charge in [0.15, 0.2) is 0 Å². The topological polar surface area (TPSA) is 35.8 Å². The molecular weight excluding hydrogens is 232 g/mol. The lowest BCUT2D eigenvalue weighted by Gasteiger charge is -2.14. The maximum atomic E-state index is 9.08. The molecule has 1 rings (SSSR count). The number of nitriles is 1. The molecule has 1 aromatic carbocycles. The van der Waals surface area contributed by atoms with E-state index in [1.165, 1.54) is 0 Å². The average Bonchev–Trinajstić information content (AvgIpc) is 2.39. The molecule has 0 spiro atoms. The zero-order valence-corrected chi connectivity index (χ0v) is 11.6. The highest BCUT2D eigenvalue weighted by Gasteiger charge is 2.09. The monoisotopic (exact) mass is 252 g/mol. The summed E-state index contributed by atoms with van der Waals surface area (Å²) in [5.74, 6) is 0.288. The van der Waals surface area contributed by atoms with Crippen LogP contribution in [-0.2, 0) is 6.42 Å². The molecule has 0 radical (unpaired) electrons. The SMILES string of the molecule is C=CN/C(C)=C\C(=C)C(C)Cc1ccccc1C#N. The fourth-order valence-corrected chi connectivity index (χ4v) is 1.89. The van der Waals surface area contributed by atoms with Crippen LogP contribution in [0.2, 0.25) is 0 Å². The zero-order chi connectivity index (χ0) is 14.3. The molecule has 0 aliphatic rings. The van der Waals surface area contributed by atoms with E-state index in [-0.39, 0.29) is 5.92 Å². The Morgan fingerprint density at radius 3 is 2.79 bits per heavy atom. The van der Waals surface area contributed by atoms with Gasteiger partial charge in [-0.3, -0.25) is 0 Å². The molecule has 0 saturated carbocycles. The first-order valence-electron chi connectivity index (χ1n) is 6.31. The summed E-state index contributed by atoms with van der Waals surface area (Å²) in [5.41, 5.74) is 3.87. The van der Waals surface area contributed by atoms with Crippen LogP contribution in [0.1, 0.15) is 25.0 Å². The minimum atomic E-state index is 0.288. The number of nitrogens with zero attached hydrogens (tertiary/aromatic N) is 1. The van der Waals surface area contributed by atoms with E-state index in [0.29, 0.717) is 0 Å². The number of benzene rings is 1. The Morgan fingerprint density at radius 1 is 1.47 bits per heavy atom. The second-order valence-corrected chi connectivity index (χ2v) is 4.62. The molecule has 0 saturated heterocycles. The highest BCUT2D eigenvalue weighted by atomic mass is 14.8. The molecule has 1 unspecified atom stereocenters. The summed E-state index contributed by atoms with van der Waals surface area (Å²) in [7, 11) is 0. The molecule has 2 heteroatoms. The van der Waals surface area contributed by atoms with Crippen molar-refractivity contribution in [3.05, 3.63) is 72.1 Å². The Morgan fingerprint density at radius 2 is 2.16 bits per heavy atom. The van der Waals surface area contributed by atoms with Crippen LogP contribution in [0.15, 0.2) is 61.0 Å². The highest BCUT2D eigenvalue weighted by Crippen LogP contribution is 2.19. The molecule has 0 aliphatic carbocycles. The highest BCUT2D eigenvalue weighted by molar-refractivity contribution is 5.38. The van der Waals surface area contributed by atoms with Gasteiger partial charge in [0.25, 0.3) is 0 Å². The first kappa shape index (κ1) is 14.8. The standard InChI is InChI=1S/C17H20N2/c1-5-19-15(4)10-13(2)14(3)11-16-8-6-7-9-17(16)12-18/h5-10,14,19H,1-2,11H2,3-4H3/b15-10-. The number of nitrogens with one attached hydrogen (secondary N) is 1. The number of allylic oxidation sites excluding steroid dienone is 3. The van der Waals surface area contributed by atoms with Crippen LogP contribution in [0.25, 0.3) is 0 Å². The van der Waals surface area contributed by atoms with Gasteiger partial charge < -0.3 is 5.32 Å². The van der Waals surface area contributed by atoms with Gasteiger partial charge in [0.05, 0.1) is 11.6 Å². The van der Waals surface area contributed by atoms with Gasteiger partial charge in [0.1, 0.15) is 0 Å². The summed E-state index contributed by atoms with van der Waals surface area (Å²) in [4.78, 5) is 0. The molecular formula is C17H20N2. The molecule has 1 N–H and O–H groups in total. The third-order valence-corrected chi connectivity index (χ3v) is 3.03. The summed E-state index contributed by atoms with van der Waals surface area (Å²) < 4.78 is 0. The normalized spacial score (nSPS) is 12.4. The van der Waals surface area contributed by atoms with E-state index >= 15 is 0 Å². The summed E-state index contributed by atoms with van der Waals surface area (Å²) in [6, 6.07) is 9.94. The molecule has 19 heavy (non-hydrogen) atoms. The van der Waals surface area contributed by atoms with Crippen molar-refractivity contribution in [2.75, 3.05) is 0 Å². The Hall–Kier alpha value is -2.27. The minimum Gasteiger partial charge on any atom is -0.366 e. The van der Waals surface area contributed by atoms with Gasteiger partial charge in [-0.2, -0.15) is 5.26 Å². The Balaban J connectivity index is 2.77. The maximum absolute atomic E-state index is 9.08. The lowest BCUT2D eigenvalue weighted by atomic mass is 9.92. The summed E-state index contributed by atoms with van der Waals surface area (Å²) in [6.07, 6.45) is 4.48. The van der Waals surface area contributed by atoms with Gasteiger partial charge in [0.2, 0.25) is 0 Å². The Labute approximate surface area is 115 Å². The van der Waals surface area contributed by atoms with Gasteiger partial charge in [0, 0.05) is 5.70 Å². The molecule has 1 atom stereocenters. The van der Waals surface area contributed by atoms with Crippen LogP contribution in [-0.4, -0.2) is 0 Å². The van der Waals surface area contributed by atoms with Crippen LogP contribution < -0.4 is 5.32 Å². The van der Waals surface area contributed by atoms with Crippen LogP contribution in [0.4, 0.5) is 0 Å². The van der Waals surface area contributed by atoms with Crippen molar-refractivity contribution < 1.29 is 0 Å². The fourth-order valence-electron chi connectivity index (χ4n) is 1.89. The maximum Gasteiger partial charge on any atom is 0.0994 e. The van der Waals surface area contributed by atoms with Crippen molar-refractivity contribution in [1.82, 2.24) is 5.32 Å². The van der Waals surface area contributed by atoms with Gasteiger partial charge in [-0.1, -0.05) is 43.9 Å². The van der Waals surface area contributed by atoms with Gasteiger partial charge >= 0.3 is 0 Å². The van der Waals surface area contributed by atoms with Crippen molar-refractivity contribution >= 4 is 0 Å². The van der Waals surface area contributed by atoms with Crippen molar-refractivity contribution in [3.63, 3.8) is 0 Å². The van der Waals surface area contributed by atoms with E-state index in [1.54, 1.807) is 6.20 Å². The molecule has 98 valence electrons. The second-order valence-electron chi connectivity index (χ2n) is 4.62. The third kappa shape index (κ3) is 4.48. The lowest BCUT2D eigenvalue weighted by Crippen LogP contribution is -2.06. The van der Waals surface area contributed by atoms with Crippen molar-refractivity contribution in [2.45, 2.75) is 20.3 Å². The summed E-state index contributed by atoms with van der Waals surface area (Å²) in [6.45, 7) is 11.8. The van der Waals surface area contributed by atoms with Crippen LogP contribution in [0.5, 0.6) is 0 Å². The molecule has 1 aromatic rings. The fraction of sp³-hybridized carbons (Fsp3) is 0.235. The van der Waals surface area contributed by atoms with Gasteiger partial charge in [-0.25, -0.2) is 0 Å². The molecule has 0 bridgehead atoms. The quantitative estimate of drug-likeness (QED) is 0.779. The summed E-state index contributed by atoms with van der Waals surface area (Å²) in [5, 5.41) is 12.1. The lowest BCUT2D eigenvalue weighted by molar-refractivity contribution is 0.693. The zero-order valence-electron chi connectivity index (χ0n) is 11.6. The molecule has 0 aliphatic heterocycles. The second kappa shape index (κ2) is 7.23.